The maximum absolute atomic E-state index is 11.0. The van der Waals surface area contributed by atoms with Gasteiger partial charge in [0.25, 0.3) is 0 Å². The van der Waals surface area contributed by atoms with Crippen molar-refractivity contribution in [3.8, 4) is 0 Å². The van der Waals surface area contributed by atoms with E-state index in [9.17, 15) is 23.9 Å². The Morgan fingerprint density at radius 1 is 0.667 bits per heavy atom. The molecule has 2 aliphatic heterocycles. The van der Waals surface area contributed by atoms with Crippen molar-refractivity contribution in [1.29, 1.82) is 0 Å². The number of ether oxygens (including phenoxy) is 4. The SMILES string of the molecule is Brc1csc(C2OCCO2)c1.C.C.C.C[Si](C)(C)OC(c1cccc(Cl)c1)c1sc(C=O)cc1Cl.Clc1csc(C2OCCO2)c1.O=Cc1cc(Cl)c(C(O)c2cccc(Cl)c2)s1.O=Cc1cccc(Cl)c1.[2H]CC.[2H]CF.[Cl][Cu]. The Morgan fingerprint density at radius 2 is 1.09 bits per heavy atom. The third kappa shape index (κ3) is 28.1. The molecule has 0 bridgehead atoms. The molecule has 1 N–H and O–H groups in total. The van der Waals surface area contributed by atoms with Gasteiger partial charge in [-0.05, 0) is 107 Å². The minimum atomic E-state index is -1.81. The summed E-state index contributed by atoms with van der Waals surface area (Å²) in [5.74, 6) is 0. The molecule has 2 unspecified atom stereocenters. The molecule has 0 radical (unpaired) electrons. The number of aliphatic hydroxyl groups is 1. The van der Waals surface area contributed by atoms with E-state index in [0.29, 0.717) is 90.5 Å². The molecular weight excluding hydrogens is 1360 g/mol. The molecule has 9 rings (SSSR count). The van der Waals surface area contributed by atoms with E-state index in [4.69, 9.17) is 95.7 Å². The van der Waals surface area contributed by atoms with Crippen LogP contribution in [0.4, 0.5) is 4.39 Å². The van der Waals surface area contributed by atoms with Gasteiger partial charge >= 0.3 is 25.2 Å². The molecule has 0 amide bonds. The average Bonchev–Trinajstić information content (AvgIpc) is 4.29. The first-order valence-electron chi connectivity index (χ1n) is 23.0. The number of benzene rings is 3. The van der Waals surface area contributed by atoms with Gasteiger partial charge in [0.2, 0.25) is 0 Å². The van der Waals surface area contributed by atoms with E-state index >= 15 is 0 Å². The number of aldehydes is 3. The fourth-order valence-corrected chi connectivity index (χ4v) is 12.7. The summed E-state index contributed by atoms with van der Waals surface area (Å²) in [4.78, 5) is 36.4. The number of carbonyl (C=O) groups is 3. The molecule has 3 aromatic carbocycles. The molecule has 2 aliphatic rings. The first-order valence-corrected chi connectivity index (χ1v) is 32.7. The Kier molecular flexibility index (Phi) is 41.1. The predicted molar refractivity (Wildman–Crippen MR) is 335 cm³/mol. The van der Waals surface area contributed by atoms with Crippen molar-refractivity contribution in [1.82, 2.24) is 0 Å². The molecule has 24 heteroatoms. The quantitative estimate of drug-likeness (QED) is 0.0998. The van der Waals surface area contributed by atoms with Crippen LogP contribution in [0.5, 0.6) is 0 Å². The summed E-state index contributed by atoms with van der Waals surface area (Å²) >= 11 is 48.3. The molecular formula is C54H64BrCl7CuFO9S4Si. The normalized spacial score (nSPS) is 13.3. The van der Waals surface area contributed by atoms with Gasteiger partial charge in [-0.25, -0.2) is 0 Å². The Labute approximate surface area is 530 Å². The van der Waals surface area contributed by atoms with Crippen molar-refractivity contribution in [2.24, 2.45) is 0 Å². The van der Waals surface area contributed by atoms with E-state index < -0.39 is 21.6 Å². The number of thiophene rings is 4. The number of carbonyl (C=O) groups excluding carboxylic acids is 3. The summed E-state index contributed by atoms with van der Waals surface area (Å²) in [5, 5.41) is 17.6. The third-order valence-corrected chi connectivity index (χ3v) is 16.6. The van der Waals surface area contributed by atoms with Gasteiger partial charge in [0.1, 0.15) is 18.5 Å². The second-order valence-corrected chi connectivity index (χ2v) is 27.3. The van der Waals surface area contributed by atoms with Crippen LogP contribution in [0, 0.1) is 0 Å². The van der Waals surface area contributed by atoms with Gasteiger partial charge in [-0.3, -0.25) is 18.8 Å². The van der Waals surface area contributed by atoms with Crippen molar-refractivity contribution in [3.05, 3.63) is 188 Å². The average molecular weight is 1430 g/mol. The van der Waals surface area contributed by atoms with Gasteiger partial charge in [0, 0.05) is 37.2 Å². The van der Waals surface area contributed by atoms with E-state index in [1.807, 2.05) is 47.2 Å². The maximum atomic E-state index is 11.0. The van der Waals surface area contributed by atoms with Gasteiger partial charge in [-0.1, -0.05) is 142 Å². The molecule has 9 nitrogen and oxygen atoms in total. The van der Waals surface area contributed by atoms with Crippen LogP contribution in [-0.2, 0) is 38.5 Å². The molecule has 6 heterocycles. The standard InChI is InChI=1S/C15H16Cl2O2SSi.C12H8Cl2O2S.C7H7BrO2S.C7H7ClO2S.C7H5ClO.C2H6.CH3F.3CH4.ClH.Cu/c1-21(2,3)19-14(10-5-4-6-11(16)7-10)15-13(17)8-12(9-18)20-15;13-8-3-1-2-7(4-8)11(16)12-10(14)5-9(6-15)17-12;2*8-5-3-6(11-4-5)7-9-1-2-10-7;8-7-3-1-2-6(4-7)5-9;2*1-2;;;;;/h4-9,14H,1-3H3;1-6,11,16H;2*3-4,7H,1-2H2;1-5H;1-2H3;1H3;3*1H4;1H;/q;;;;;;;;;;;+1/p-1/i;;;;;2*1D;;;;;. The monoisotopic (exact) mass is 1420 g/mol. The van der Waals surface area contributed by atoms with Crippen LogP contribution in [0.25, 0.3) is 0 Å². The van der Waals surface area contributed by atoms with Gasteiger partial charge in [-0.2, -0.15) is 0 Å². The molecule has 2 saturated heterocycles. The number of halogens is 9. The van der Waals surface area contributed by atoms with Crippen molar-refractivity contribution in [2.45, 2.75) is 80.5 Å². The third-order valence-electron chi connectivity index (χ3n) is 8.84. The molecule has 2 fully saturated rings. The van der Waals surface area contributed by atoms with Gasteiger partial charge in [0.15, 0.2) is 33.5 Å². The van der Waals surface area contributed by atoms with Crippen LogP contribution in [0.1, 0.15) is 124 Å². The van der Waals surface area contributed by atoms with Crippen LogP contribution in [0.3, 0.4) is 0 Å². The molecule has 4 aromatic heterocycles. The molecule has 0 saturated carbocycles. The first-order chi connectivity index (χ1) is 36.8. The minimum absolute atomic E-state index is 0. The second kappa shape index (κ2) is 43.1. The second-order valence-electron chi connectivity index (χ2n) is 15.2. The number of rotatable bonds is 11. The summed E-state index contributed by atoms with van der Waals surface area (Å²) in [6.45, 7) is 11.4. The summed E-state index contributed by atoms with van der Waals surface area (Å²) in [6.07, 6.45) is 0.848. The van der Waals surface area contributed by atoms with Crippen molar-refractivity contribution >= 4 is 168 Å². The van der Waals surface area contributed by atoms with E-state index in [2.05, 4.69) is 60.8 Å². The topological polar surface area (TPSA) is 118 Å². The molecule has 0 spiro atoms. The van der Waals surface area contributed by atoms with Gasteiger partial charge in [0.05, 0.1) is 79.3 Å². The Morgan fingerprint density at radius 3 is 1.47 bits per heavy atom. The summed E-state index contributed by atoms with van der Waals surface area (Å²) in [7, 11) is 1.39. The van der Waals surface area contributed by atoms with E-state index in [1.54, 1.807) is 90.3 Å². The van der Waals surface area contributed by atoms with E-state index in [0.717, 1.165) is 42.3 Å². The molecule has 7 aromatic rings. The van der Waals surface area contributed by atoms with Gasteiger partial charge < -0.3 is 28.5 Å². The number of aliphatic hydroxyl groups excluding tert-OH is 1. The zero-order valence-corrected chi connectivity index (χ0v) is 52.3. The van der Waals surface area contributed by atoms with Crippen LogP contribution in [0.2, 0.25) is 49.8 Å². The molecule has 0 aliphatic carbocycles. The Balaban J connectivity index is 0. The summed E-state index contributed by atoms with van der Waals surface area (Å²) < 4.78 is 50.3. The summed E-state index contributed by atoms with van der Waals surface area (Å²) in [5.41, 5.74) is 2.22. The van der Waals surface area contributed by atoms with Gasteiger partial charge in [-0.15, -0.1) is 45.3 Å². The number of alkyl halides is 1. The molecule has 2 atom stereocenters. The van der Waals surface area contributed by atoms with Crippen molar-refractivity contribution < 1.29 is 65.1 Å². The number of hydrogen-bond donors (Lipinski definition) is 1. The molecule has 78 heavy (non-hydrogen) atoms. The van der Waals surface area contributed by atoms with Crippen molar-refractivity contribution in [2.75, 3.05) is 33.6 Å². The molecule has 436 valence electrons. The fraction of sp³-hybridized carbons (Fsp3) is 0.315. The van der Waals surface area contributed by atoms with Crippen LogP contribution >= 0.6 is 141 Å². The zero-order valence-electron chi connectivity index (χ0n) is 42.2. The van der Waals surface area contributed by atoms with E-state index in [1.165, 1.54) is 22.7 Å². The van der Waals surface area contributed by atoms with Crippen molar-refractivity contribution in [3.63, 3.8) is 0 Å². The van der Waals surface area contributed by atoms with Crippen LogP contribution in [-0.4, -0.2) is 65.9 Å². The van der Waals surface area contributed by atoms with Crippen LogP contribution in [0.15, 0.2) is 112 Å². The Hall–Kier alpha value is -1.59. The zero-order chi connectivity index (χ0) is 57.5. The first kappa shape index (κ1) is 74.4. The van der Waals surface area contributed by atoms with Crippen LogP contribution < -0.4 is 0 Å². The predicted octanol–water partition coefficient (Wildman–Crippen LogP) is 21.1. The number of hydrogen-bond acceptors (Lipinski definition) is 13. The summed E-state index contributed by atoms with van der Waals surface area (Å²) in [6, 6.07) is 28.4. The van der Waals surface area contributed by atoms with E-state index in [-0.39, 0.29) is 41.0 Å². The Bertz CT molecular complexity index is 2750. The fourth-order valence-electron chi connectivity index (χ4n) is 5.94.